The standard InChI is InChI=1S/C40H23N3OS/c1-3-11-24(12-4-1)30-23-31(25-13-5-2-6-14-25)42-40(41-30)43-32-17-9-7-15-28(32)36-33(43)21-19-26-27-20-22-35-37(39(27)44-38(26)36)29-16-8-10-18-34(29)45-35/h1-23H. The van der Waals surface area contributed by atoms with Gasteiger partial charge in [-0.1, -0.05) is 97.1 Å². The Balaban J connectivity index is 1.31. The lowest BCUT2D eigenvalue weighted by atomic mass is 10.1. The zero-order chi connectivity index (χ0) is 29.5. The van der Waals surface area contributed by atoms with Gasteiger partial charge in [-0.25, -0.2) is 9.97 Å². The van der Waals surface area contributed by atoms with Gasteiger partial charge in [-0.2, -0.15) is 0 Å². The van der Waals surface area contributed by atoms with Gasteiger partial charge in [0.15, 0.2) is 0 Å². The fraction of sp³-hybridized carbons (Fsp3) is 0. The van der Waals surface area contributed by atoms with Gasteiger partial charge in [0, 0.05) is 47.5 Å². The first-order chi connectivity index (χ1) is 22.3. The molecule has 0 aliphatic rings. The van der Waals surface area contributed by atoms with Gasteiger partial charge >= 0.3 is 0 Å². The Hall–Kier alpha value is -5.78. The highest BCUT2D eigenvalue weighted by Crippen LogP contribution is 2.45. The Morgan fingerprint density at radius 2 is 1.07 bits per heavy atom. The van der Waals surface area contributed by atoms with Crippen molar-refractivity contribution in [2.75, 3.05) is 0 Å². The Bertz CT molecular complexity index is 2700. The van der Waals surface area contributed by atoms with Gasteiger partial charge in [0.1, 0.15) is 11.2 Å². The molecule has 10 rings (SSSR count). The van der Waals surface area contributed by atoms with E-state index in [1.807, 2.05) is 47.7 Å². The topological polar surface area (TPSA) is 43.9 Å². The summed E-state index contributed by atoms with van der Waals surface area (Å²) in [4.78, 5) is 10.4. The van der Waals surface area contributed by atoms with Gasteiger partial charge in [0.2, 0.25) is 5.95 Å². The maximum absolute atomic E-state index is 6.94. The first-order valence-electron chi connectivity index (χ1n) is 15.0. The molecule has 45 heavy (non-hydrogen) atoms. The molecule has 0 amide bonds. The highest BCUT2D eigenvalue weighted by atomic mass is 32.1. The summed E-state index contributed by atoms with van der Waals surface area (Å²) in [6.45, 7) is 0. The van der Waals surface area contributed by atoms with Crippen LogP contribution < -0.4 is 0 Å². The van der Waals surface area contributed by atoms with Crippen LogP contribution in [0.4, 0.5) is 0 Å². The third kappa shape index (κ3) is 3.59. The van der Waals surface area contributed by atoms with Crippen LogP contribution in [0.25, 0.3) is 92.4 Å². The molecule has 4 nitrogen and oxygen atoms in total. The number of aromatic nitrogens is 3. The maximum atomic E-state index is 6.94. The number of rotatable bonds is 3. The van der Waals surface area contributed by atoms with E-state index < -0.39 is 0 Å². The van der Waals surface area contributed by atoms with E-state index in [9.17, 15) is 0 Å². The van der Waals surface area contributed by atoms with E-state index in [0.29, 0.717) is 5.95 Å². The first kappa shape index (κ1) is 24.6. The van der Waals surface area contributed by atoms with E-state index in [4.69, 9.17) is 14.4 Å². The molecular weight excluding hydrogens is 571 g/mol. The molecule has 0 saturated carbocycles. The number of hydrogen-bond donors (Lipinski definition) is 0. The SMILES string of the molecule is c1ccc(-c2cc(-c3ccccc3)nc(-n3c4ccccc4c4c5oc6c(ccc7sc8ccccc8c76)c5ccc43)n2)cc1. The number of fused-ring (bicyclic) bond motifs is 11. The molecule has 0 fully saturated rings. The zero-order valence-corrected chi connectivity index (χ0v) is 24.8. The lowest BCUT2D eigenvalue weighted by Crippen LogP contribution is -2.03. The maximum Gasteiger partial charge on any atom is 0.235 e. The van der Waals surface area contributed by atoms with E-state index in [1.165, 1.54) is 20.2 Å². The summed E-state index contributed by atoms with van der Waals surface area (Å²) in [7, 11) is 0. The number of hydrogen-bond acceptors (Lipinski definition) is 4. The van der Waals surface area contributed by atoms with Crippen LogP contribution in [0.5, 0.6) is 0 Å². The third-order valence-corrected chi connectivity index (χ3v) is 9.97. The molecule has 5 heteroatoms. The average Bonchev–Trinajstić information content (AvgIpc) is 3.78. The van der Waals surface area contributed by atoms with Crippen molar-refractivity contribution in [2.24, 2.45) is 0 Å². The molecule has 4 aromatic heterocycles. The van der Waals surface area contributed by atoms with Crippen molar-refractivity contribution >= 4 is 75.3 Å². The van der Waals surface area contributed by atoms with Crippen LogP contribution in [-0.2, 0) is 0 Å². The van der Waals surface area contributed by atoms with Gasteiger partial charge < -0.3 is 4.42 Å². The third-order valence-electron chi connectivity index (χ3n) is 8.83. The number of benzene rings is 6. The minimum absolute atomic E-state index is 0.628. The minimum atomic E-state index is 0.628. The highest BCUT2D eigenvalue weighted by molar-refractivity contribution is 7.26. The summed E-state index contributed by atoms with van der Waals surface area (Å²) in [5.41, 5.74) is 7.73. The summed E-state index contributed by atoms with van der Waals surface area (Å²) in [6.07, 6.45) is 0. The Morgan fingerprint density at radius 1 is 0.467 bits per heavy atom. The van der Waals surface area contributed by atoms with Crippen LogP contribution in [0.15, 0.2) is 144 Å². The second kappa shape index (κ2) is 9.36. The van der Waals surface area contributed by atoms with Gasteiger partial charge in [-0.05, 0) is 42.5 Å². The minimum Gasteiger partial charge on any atom is -0.455 e. The van der Waals surface area contributed by atoms with Crippen LogP contribution >= 0.6 is 11.3 Å². The van der Waals surface area contributed by atoms with Crippen LogP contribution in [0.1, 0.15) is 0 Å². The van der Waals surface area contributed by atoms with Crippen molar-refractivity contribution in [3.8, 4) is 28.5 Å². The van der Waals surface area contributed by atoms with Crippen molar-refractivity contribution in [1.29, 1.82) is 0 Å². The molecule has 4 heterocycles. The quantitative estimate of drug-likeness (QED) is 0.205. The van der Waals surface area contributed by atoms with E-state index >= 15 is 0 Å². The summed E-state index contributed by atoms with van der Waals surface area (Å²) in [5.74, 6) is 0.628. The molecule has 0 spiro atoms. The van der Waals surface area contributed by atoms with Gasteiger partial charge in [0.25, 0.3) is 0 Å². The molecule has 210 valence electrons. The fourth-order valence-corrected chi connectivity index (χ4v) is 7.92. The smallest absolute Gasteiger partial charge is 0.235 e. The van der Waals surface area contributed by atoms with Gasteiger partial charge in [-0.15, -0.1) is 11.3 Å². The second-order valence-corrected chi connectivity index (χ2v) is 12.5. The molecule has 0 unspecified atom stereocenters. The average molecular weight is 594 g/mol. The van der Waals surface area contributed by atoms with E-state index in [-0.39, 0.29) is 0 Å². The molecule has 0 aliphatic carbocycles. The molecule has 0 radical (unpaired) electrons. The zero-order valence-electron chi connectivity index (χ0n) is 23.9. The molecule has 0 atom stereocenters. The number of furan rings is 1. The van der Waals surface area contributed by atoms with Crippen LogP contribution in [0, 0.1) is 0 Å². The summed E-state index contributed by atoms with van der Waals surface area (Å²) in [5, 5.41) is 6.85. The fourth-order valence-electron chi connectivity index (χ4n) is 6.82. The molecule has 10 aromatic rings. The lowest BCUT2D eigenvalue weighted by molar-refractivity contribution is 0.677. The van der Waals surface area contributed by atoms with E-state index in [2.05, 4.69) is 108 Å². The van der Waals surface area contributed by atoms with Crippen molar-refractivity contribution in [3.05, 3.63) is 140 Å². The Kier molecular flexibility index (Phi) is 5.12. The predicted molar refractivity (Wildman–Crippen MR) is 187 cm³/mol. The van der Waals surface area contributed by atoms with Crippen LogP contribution in [0.3, 0.4) is 0 Å². The molecule has 0 bridgehead atoms. The lowest BCUT2D eigenvalue weighted by Gasteiger charge is -2.11. The summed E-state index contributed by atoms with van der Waals surface area (Å²) < 4.78 is 11.6. The Morgan fingerprint density at radius 3 is 1.80 bits per heavy atom. The van der Waals surface area contributed by atoms with Crippen molar-refractivity contribution < 1.29 is 4.42 Å². The van der Waals surface area contributed by atoms with Gasteiger partial charge in [-0.3, -0.25) is 4.57 Å². The van der Waals surface area contributed by atoms with E-state index in [0.717, 1.165) is 66.3 Å². The normalized spacial score (nSPS) is 12.0. The van der Waals surface area contributed by atoms with Crippen molar-refractivity contribution in [1.82, 2.24) is 14.5 Å². The largest absolute Gasteiger partial charge is 0.455 e. The second-order valence-electron chi connectivity index (χ2n) is 11.4. The van der Waals surface area contributed by atoms with Crippen LogP contribution in [0.2, 0.25) is 0 Å². The van der Waals surface area contributed by atoms with Gasteiger partial charge in [0.05, 0.1) is 27.8 Å². The summed E-state index contributed by atoms with van der Waals surface area (Å²) >= 11 is 1.81. The van der Waals surface area contributed by atoms with E-state index in [1.54, 1.807) is 0 Å². The summed E-state index contributed by atoms with van der Waals surface area (Å²) in [6, 6.07) is 48.6. The molecule has 6 aromatic carbocycles. The molecular formula is C40H23N3OS. The van der Waals surface area contributed by atoms with Crippen LogP contribution in [-0.4, -0.2) is 14.5 Å². The molecule has 0 aliphatic heterocycles. The Labute approximate surface area is 261 Å². The number of nitrogens with zero attached hydrogens (tertiary/aromatic N) is 3. The molecule has 0 saturated heterocycles. The highest BCUT2D eigenvalue weighted by Gasteiger charge is 2.22. The molecule has 0 N–H and O–H groups in total. The number of para-hydroxylation sites is 1. The monoisotopic (exact) mass is 593 g/mol. The van der Waals surface area contributed by atoms with Crippen molar-refractivity contribution in [3.63, 3.8) is 0 Å². The number of thiophene rings is 1. The first-order valence-corrected chi connectivity index (χ1v) is 15.8. The predicted octanol–water partition coefficient (Wildman–Crippen LogP) is 11.2. The van der Waals surface area contributed by atoms with Crippen molar-refractivity contribution in [2.45, 2.75) is 0 Å².